The molecule has 0 atom stereocenters. The lowest BCUT2D eigenvalue weighted by Crippen LogP contribution is -2.49. The molecule has 0 aliphatic carbocycles. The Balaban J connectivity index is 1.61. The van der Waals surface area contributed by atoms with Crippen molar-refractivity contribution < 1.29 is 12.9 Å². The molecule has 0 saturated carbocycles. The summed E-state index contributed by atoms with van der Waals surface area (Å²) in [5, 5.41) is 7.96. The Bertz CT molecular complexity index is 922. The predicted octanol–water partition coefficient (Wildman–Crippen LogP) is 0.163. The number of rotatable bonds is 5. The van der Waals surface area contributed by atoms with Gasteiger partial charge in [0.25, 0.3) is 5.56 Å². The molecule has 3 heterocycles. The maximum absolute atomic E-state index is 12.8. The van der Waals surface area contributed by atoms with E-state index in [4.69, 9.17) is 4.52 Å². The van der Waals surface area contributed by atoms with Crippen LogP contribution >= 0.6 is 0 Å². The first-order chi connectivity index (χ1) is 12.3. The third-order valence-electron chi connectivity index (χ3n) is 4.52. The Kier molecular flexibility index (Phi) is 5.26. The molecule has 10 heteroatoms. The smallest absolute Gasteiger partial charge is 0.266 e. The fourth-order valence-electron chi connectivity index (χ4n) is 3.11. The summed E-state index contributed by atoms with van der Waals surface area (Å²) in [5.41, 5.74) is 1.05. The van der Waals surface area contributed by atoms with Crippen LogP contribution in [0.1, 0.15) is 17.1 Å². The van der Waals surface area contributed by atoms with Crippen LogP contribution in [0.5, 0.6) is 0 Å². The van der Waals surface area contributed by atoms with E-state index < -0.39 is 10.0 Å². The zero-order chi connectivity index (χ0) is 18.9. The Morgan fingerprint density at radius 2 is 1.77 bits per heavy atom. The molecule has 0 bridgehead atoms. The second kappa shape index (κ2) is 7.29. The van der Waals surface area contributed by atoms with E-state index in [1.165, 1.54) is 15.1 Å². The molecule has 0 aromatic carbocycles. The monoisotopic (exact) mass is 381 g/mol. The molecule has 9 nitrogen and oxygen atoms in total. The van der Waals surface area contributed by atoms with Crippen molar-refractivity contribution in [1.82, 2.24) is 24.1 Å². The molecule has 1 saturated heterocycles. The first-order valence-electron chi connectivity index (χ1n) is 8.49. The van der Waals surface area contributed by atoms with Gasteiger partial charge in [-0.25, -0.2) is 13.1 Å². The van der Waals surface area contributed by atoms with Crippen molar-refractivity contribution in [3.05, 3.63) is 39.6 Å². The van der Waals surface area contributed by atoms with E-state index in [9.17, 15) is 13.2 Å². The van der Waals surface area contributed by atoms with E-state index in [0.29, 0.717) is 50.7 Å². The van der Waals surface area contributed by atoms with E-state index in [0.717, 1.165) is 5.69 Å². The lowest BCUT2D eigenvalue weighted by molar-refractivity contribution is 0.180. The van der Waals surface area contributed by atoms with Crippen LogP contribution in [0.3, 0.4) is 0 Å². The lowest BCUT2D eigenvalue weighted by atomic mass is 10.3. The molecule has 1 fully saturated rings. The van der Waals surface area contributed by atoms with Crippen molar-refractivity contribution in [2.75, 3.05) is 32.7 Å². The Hall–Kier alpha value is -2.04. The molecule has 1 aliphatic heterocycles. The molecular formula is C16H23N5O4S. The molecule has 26 heavy (non-hydrogen) atoms. The third-order valence-corrected chi connectivity index (χ3v) is 6.67. The summed E-state index contributed by atoms with van der Waals surface area (Å²) in [4.78, 5) is 14.1. The van der Waals surface area contributed by atoms with Crippen LogP contribution < -0.4 is 5.56 Å². The summed E-state index contributed by atoms with van der Waals surface area (Å²) in [5.74, 6) is 0.315. The Morgan fingerprint density at radius 1 is 1.08 bits per heavy atom. The zero-order valence-electron chi connectivity index (χ0n) is 15.2. The van der Waals surface area contributed by atoms with Gasteiger partial charge < -0.3 is 4.52 Å². The second-order valence-electron chi connectivity index (χ2n) is 6.44. The van der Waals surface area contributed by atoms with Gasteiger partial charge in [-0.2, -0.15) is 9.40 Å². The van der Waals surface area contributed by atoms with Crippen molar-refractivity contribution in [2.45, 2.75) is 32.2 Å². The third kappa shape index (κ3) is 3.71. The molecule has 2 aromatic rings. The minimum Gasteiger partial charge on any atom is -0.360 e. The first-order valence-corrected chi connectivity index (χ1v) is 9.93. The molecule has 2 aromatic heterocycles. The predicted molar refractivity (Wildman–Crippen MR) is 94.4 cm³/mol. The second-order valence-corrected chi connectivity index (χ2v) is 8.31. The van der Waals surface area contributed by atoms with E-state index in [2.05, 4.69) is 15.2 Å². The fraction of sp³-hybridized carbons (Fsp3) is 0.562. The largest absolute Gasteiger partial charge is 0.360 e. The first kappa shape index (κ1) is 18.7. The van der Waals surface area contributed by atoms with Crippen LogP contribution in [0.25, 0.3) is 0 Å². The van der Waals surface area contributed by atoms with Gasteiger partial charge in [-0.1, -0.05) is 5.16 Å². The quantitative estimate of drug-likeness (QED) is 0.727. The van der Waals surface area contributed by atoms with Crippen molar-refractivity contribution >= 4 is 10.0 Å². The molecule has 3 rings (SSSR count). The van der Waals surface area contributed by atoms with Crippen molar-refractivity contribution in [3.63, 3.8) is 0 Å². The van der Waals surface area contributed by atoms with Crippen LogP contribution in [0, 0.1) is 20.8 Å². The fourth-order valence-corrected chi connectivity index (χ4v) is 4.83. The van der Waals surface area contributed by atoms with Gasteiger partial charge in [-0.3, -0.25) is 9.69 Å². The number of sulfonamides is 1. The van der Waals surface area contributed by atoms with Gasteiger partial charge in [0.15, 0.2) is 5.76 Å². The summed E-state index contributed by atoms with van der Waals surface area (Å²) in [6.45, 7) is 8.19. The van der Waals surface area contributed by atoms with E-state index >= 15 is 0 Å². The van der Waals surface area contributed by atoms with Crippen molar-refractivity contribution in [2.24, 2.45) is 0 Å². The van der Waals surface area contributed by atoms with Gasteiger partial charge in [0.1, 0.15) is 10.6 Å². The van der Waals surface area contributed by atoms with Gasteiger partial charge in [-0.15, -0.1) is 0 Å². The highest BCUT2D eigenvalue weighted by atomic mass is 32.2. The van der Waals surface area contributed by atoms with Crippen LogP contribution in [-0.2, 0) is 16.6 Å². The molecular weight excluding hydrogens is 358 g/mol. The maximum Gasteiger partial charge on any atom is 0.266 e. The number of aromatic nitrogens is 3. The molecule has 0 spiro atoms. The highest BCUT2D eigenvalue weighted by Gasteiger charge is 2.33. The summed E-state index contributed by atoms with van der Waals surface area (Å²) in [7, 11) is -3.60. The molecule has 0 amide bonds. The van der Waals surface area contributed by atoms with E-state index in [1.54, 1.807) is 19.9 Å². The molecule has 1 aliphatic rings. The highest BCUT2D eigenvalue weighted by Crippen LogP contribution is 2.24. The number of nitrogens with zero attached hydrogens (tertiary/aromatic N) is 5. The van der Waals surface area contributed by atoms with E-state index in [-0.39, 0.29) is 10.5 Å². The number of aryl methyl sites for hydroxylation is 3. The van der Waals surface area contributed by atoms with Gasteiger partial charge in [-0.05, 0) is 26.8 Å². The van der Waals surface area contributed by atoms with Crippen LogP contribution in [-0.4, -0.2) is 65.3 Å². The summed E-state index contributed by atoms with van der Waals surface area (Å²) in [6, 6.07) is 3.20. The number of hydrogen-bond acceptors (Lipinski definition) is 7. The molecule has 0 unspecified atom stereocenters. The maximum atomic E-state index is 12.8. The van der Waals surface area contributed by atoms with Crippen LogP contribution in [0.2, 0.25) is 0 Å². The zero-order valence-corrected chi connectivity index (χ0v) is 16.0. The summed E-state index contributed by atoms with van der Waals surface area (Å²) < 4.78 is 33.5. The summed E-state index contributed by atoms with van der Waals surface area (Å²) in [6.07, 6.45) is 0. The van der Waals surface area contributed by atoms with Crippen molar-refractivity contribution in [1.29, 1.82) is 0 Å². The number of hydrogen-bond donors (Lipinski definition) is 0. The Morgan fingerprint density at radius 3 is 2.38 bits per heavy atom. The highest BCUT2D eigenvalue weighted by molar-refractivity contribution is 7.89. The SMILES string of the molecule is Cc1ccc(=O)n(CCN2CCN(S(=O)(=O)c3c(C)noc3C)CC2)n1. The lowest BCUT2D eigenvalue weighted by Gasteiger charge is -2.33. The Labute approximate surface area is 152 Å². The molecule has 0 N–H and O–H groups in total. The van der Waals surface area contributed by atoms with Gasteiger partial charge in [0.2, 0.25) is 10.0 Å². The van der Waals surface area contributed by atoms with Gasteiger partial charge in [0, 0.05) is 38.8 Å². The van der Waals surface area contributed by atoms with Gasteiger partial charge in [0.05, 0.1) is 12.2 Å². The average molecular weight is 381 g/mol. The number of piperazine rings is 1. The topological polar surface area (TPSA) is 102 Å². The minimum atomic E-state index is -3.60. The minimum absolute atomic E-state index is 0.129. The standard InChI is InChI=1S/C16H23N5O4S/c1-12-4-5-15(22)21(17-12)11-8-19-6-9-20(10-7-19)26(23,24)16-13(2)18-25-14(16)3/h4-5H,6-11H2,1-3H3. The van der Waals surface area contributed by atoms with Crippen LogP contribution in [0.15, 0.2) is 26.3 Å². The van der Waals surface area contributed by atoms with E-state index in [1.807, 2.05) is 6.92 Å². The van der Waals surface area contributed by atoms with Crippen LogP contribution in [0.4, 0.5) is 0 Å². The molecule has 142 valence electrons. The molecule has 0 radical (unpaired) electrons. The van der Waals surface area contributed by atoms with Crippen molar-refractivity contribution in [3.8, 4) is 0 Å². The summed E-state index contributed by atoms with van der Waals surface area (Å²) >= 11 is 0. The normalized spacial score (nSPS) is 16.9. The van der Waals surface area contributed by atoms with Gasteiger partial charge >= 0.3 is 0 Å². The average Bonchev–Trinajstić information content (AvgIpc) is 2.95.